The number of rotatable bonds is 6. The lowest BCUT2D eigenvalue weighted by molar-refractivity contribution is 0.0162. The predicted octanol–water partition coefficient (Wildman–Crippen LogP) is 4.44. The Bertz CT molecular complexity index is 1240. The average molecular weight is 445 g/mol. The van der Waals surface area contributed by atoms with Gasteiger partial charge in [0.15, 0.2) is 5.76 Å². The number of carbonyl (C=O) groups excluding carboxylic acids is 1. The fraction of sp³-hybridized carbons (Fsp3) is 0.231. The molecule has 0 radical (unpaired) electrons. The Morgan fingerprint density at radius 2 is 1.85 bits per heavy atom. The topological polar surface area (TPSA) is 67.6 Å². The van der Waals surface area contributed by atoms with E-state index in [0.29, 0.717) is 36.8 Å². The van der Waals surface area contributed by atoms with Crippen LogP contribution in [0.2, 0.25) is 0 Å². The van der Waals surface area contributed by atoms with E-state index < -0.39 is 0 Å². The van der Waals surface area contributed by atoms with Crippen molar-refractivity contribution < 1.29 is 18.3 Å². The number of benzene rings is 2. The number of nitrogens with zero attached hydrogens (tertiary/aromatic N) is 2. The third kappa shape index (κ3) is 4.65. The Morgan fingerprint density at radius 3 is 2.61 bits per heavy atom. The van der Waals surface area contributed by atoms with Crippen LogP contribution in [-0.2, 0) is 4.74 Å². The second-order valence-corrected chi connectivity index (χ2v) is 7.98. The van der Waals surface area contributed by atoms with Crippen molar-refractivity contribution in [2.45, 2.75) is 6.04 Å². The molecule has 0 bridgehead atoms. The van der Waals surface area contributed by atoms with Gasteiger partial charge in [0.1, 0.15) is 11.5 Å². The molecule has 3 heterocycles. The number of amides is 1. The first-order valence-electron chi connectivity index (χ1n) is 11.0. The van der Waals surface area contributed by atoms with E-state index >= 15 is 0 Å². The second kappa shape index (κ2) is 9.52. The third-order valence-corrected chi connectivity index (χ3v) is 5.93. The zero-order valence-electron chi connectivity index (χ0n) is 18.0. The second-order valence-electron chi connectivity index (χ2n) is 7.98. The van der Waals surface area contributed by atoms with Gasteiger partial charge in [0, 0.05) is 25.0 Å². The van der Waals surface area contributed by atoms with Gasteiger partial charge in [0.05, 0.1) is 36.6 Å². The summed E-state index contributed by atoms with van der Waals surface area (Å²) in [6.07, 6.45) is 1.58. The molecule has 6 nitrogen and oxygen atoms in total. The van der Waals surface area contributed by atoms with Gasteiger partial charge >= 0.3 is 0 Å². The summed E-state index contributed by atoms with van der Waals surface area (Å²) in [5, 5.41) is 3.87. The van der Waals surface area contributed by atoms with Crippen LogP contribution in [0, 0.1) is 5.82 Å². The monoisotopic (exact) mass is 445 g/mol. The number of halogens is 1. The molecule has 1 N–H and O–H groups in total. The van der Waals surface area contributed by atoms with E-state index in [-0.39, 0.29) is 17.8 Å². The van der Waals surface area contributed by atoms with Crippen LogP contribution in [0.1, 0.15) is 22.0 Å². The molecule has 2 aromatic carbocycles. The van der Waals surface area contributed by atoms with Crippen molar-refractivity contribution in [2.24, 2.45) is 0 Å². The van der Waals surface area contributed by atoms with Crippen LogP contribution in [0.15, 0.2) is 77.4 Å². The SMILES string of the molecule is O=C(NC[C@H](c1ccc(F)cc1)N1CCOCC1)c1cc(-c2ccco2)nc2ccccc12. The van der Waals surface area contributed by atoms with Gasteiger partial charge < -0.3 is 14.5 Å². The molecule has 1 fully saturated rings. The number of fused-ring (bicyclic) bond motifs is 1. The zero-order chi connectivity index (χ0) is 22.6. The van der Waals surface area contributed by atoms with E-state index in [1.165, 1.54) is 12.1 Å². The Morgan fingerprint density at radius 1 is 1.06 bits per heavy atom. The molecule has 1 aliphatic heterocycles. The number of nitrogens with one attached hydrogen (secondary N) is 1. The van der Waals surface area contributed by atoms with Crippen molar-refractivity contribution in [3.8, 4) is 11.5 Å². The fourth-order valence-electron chi connectivity index (χ4n) is 4.23. The van der Waals surface area contributed by atoms with Crippen LogP contribution >= 0.6 is 0 Å². The van der Waals surface area contributed by atoms with Crippen LogP contribution < -0.4 is 5.32 Å². The first-order valence-corrected chi connectivity index (χ1v) is 11.0. The van der Waals surface area contributed by atoms with E-state index in [2.05, 4.69) is 15.2 Å². The van der Waals surface area contributed by atoms with Gasteiger partial charge in [-0.15, -0.1) is 0 Å². The molecule has 1 saturated heterocycles. The highest BCUT2D eigenvalue weighted by molar-refractivity contribution is 6.07. The van der Waals surface area contributed by atoms with Crippen LogP contribution in [-0.4, -0.2) is 48.6 Å². The maximum absolute atomic E-state index is 13.5. The third-order valence-electron chi connectivity index (χ3n) is 5.93. The molecule has 0 unspecified atom stereocenters. The summed E-state index contributed by atoms with van der Waals surface area (Å²) in [7, 11) is 0. The number of pyridine rings is 1. The number of aromatic nitrogens is 1. The predicted molar refractivity (Wildman–Crippen MR) is 123 cm³/mol. The molecule has 1 amide bonds. The maximum atomic E-state index is 13.5. The zero-order valence-corrected chi connectivity index (χ0v) is 18.0. The van der Waals surface area contributed by atoms with Crippen molar-refractivity contribution in [3.05, 3.63) is 89.9 Å². The minimum atomic E-state index is -0.280. The summed E-state index contributed by atoms with van der Waals surface area (Å²) >= 11 is 0. The minimum Gasteiger partial charge on any atom is -0.463 e. The molecule has 2 aromatic heterocycles. The molecule has 5 rings (SSSR count). The first kappa shape index (κ1) is 21.3. The Labute approximate surface area is 191 Å². The molecular formula is C26H24FN3O3. The molecule has 1 atom stereocenters. The summed E-state index contributed by atoms with van der Waals surface area (Å²) in [6.45, 7) is 3.15. The van der Waals surface area contributed by atoms with E-state index in [1.807, 2.05) is 30.3 Å². The lowest BCUT2D eigenvalue weighted by atomic mass is 10.0. The van der Waals surface area contributed by atoms with Crippen LogP contribution in [0.5, 0.6) is 0 Å². The summed E-state index contributed by atoms with van der Waals surface area (Å²) in [4.78, 5) is 20.3. The van der Waals surface area contributed by atoms with Crippen molar-refractivity contribution in [2.75, 3.05) is 32.8 Å². The van der Waals surface area contributed by atoms with Crippen molar-refractivity contribution in [1.29, 1.82) is 0 Å². The highest BCUT2D eigenvalue weighted by atomic mass is 19.1. The molecule has 0 saturated carbocycles. The molecule has 33 heavy (non-hydrogen) atoms. The molecule has 168 valence electrons. The molecule has 7 heteroatoms. The molecule has 4 aromatic rings. The number of morpholine rings is 1. The molecule has 0 aliphatic carbocycles. The Kier molecular flexibility index (Phi) is 6.15. The smallest absolute Gasteiger partial charge is 0.252 e. The lowest BCUT2D eigenvalue weighted by Gasteiger charge is -2.35. The van der Waals surface area contributed by atoms with Gasteiger partial charge in [-0.2, -0.15) is 0 Å². The number of carbonyl (C=O) groups is 1. The minimum absolute atomic E-state index is 0.0869. The highest BCUT2D eigenvalue weighted by Gasteiger charge is 2.24. The maximum Gasteiger partial charge on any atom is 0.252 e. The van der Waals surface area contributed by atoms with Gasteiger partial charge in [-0.1, -0.05) is 30.3 Å². The number of furan rings is 1. The number of hydrogen-bond donors (Lipinski definition) is 1. The van der Waals surface area contributed by atoms with Crippen LogP contribution in [0.4, 0.5) is 4.39 Å². The number of para-hydroxylation sites is 1. The normalized spacial score (nSPS) is 15.4. The van der Waals surface area contributed by atoms with Crippen LogP contribution in [0.25, 0.3) is 22.4 Å². The van der Waals surface area contributed by atoms with Gasteiger partial charge in [0.25, 0.3) is 5.91 Å². The van der Waals surface area contributed by atoms with Crippen molar-refractivity contribution >= 4 is 16.8 Å². The van der Waals surface area contributed by atoms with Gasteiger partial charge in [0.2, 0.25) is 0 Å². The number of hydrogen-bond acceptors (Lipinski definition) is 5. The Hall–Kier alpha value is -3.55. The van der Waals surface area contributed by atoms with Gasteiger partial charge in [-0.3, -0.25) is 9.69 Å². The van der Waals surface area contributed by atoms with Crippen molar-refractivity contribution in [1.82, 2.24) is 15.2 Å². The molecular weight excluding hydrogens is 421 g/mol. The summed E-state index contributed by atoms with van der Waals surface area (Å²) in [6, 6.07) is 19.3. The standard InChI is InChI=1S/C26H24FN3O3/c27-19-9-7-18(8-10-19)24(30-11-14-32-15-12-30)17-28-26(31)21-16-23(25-6-3-13-33-25)29-22-5-2-1-4-20(21)22/h1-10,13,16,24H,11-12,14-15,17H2,(H,28,31)/t24-/m1/s1. The number of ether oxygens (including phenoxy) is 1. The average Bonchev–Trinajstić information content (AvgIpc) is 3.40. The van der Waals surface area contributed by atoms with Gasteiger partial charge in [-0.25, -0.2) is 9.37 Å². The van der Waals surface area contributed by atoms with Crippen LogP contribution in [0.3, 0.4) is 0 Å². The Balaban J connectivity index is 1.43. The largest absolute Gasteiger partial charge is 0.463 e. The van der Waals surface area contributed by atoms with Gasteiger partial charge in [-0.05, 0) is 42.0 Å². The van der Waals surface area contributed by atoms with E-state index in [0.717, 1.165) is 29.6 Å². The van der Waals surface area contributed by atoms with E-state index in [1.54, 1.807) is 30.5 Å². The summed E-state index contributed by atoms with van der Waals surface area (Å²) < 4.78 is 24.5. The quantitative estimate of drug-likeness (QED) is 0.475. The molecule has 0 spiro atoms. The highest BCUT2D eigenvalue weighted by Crippen LogP contribution is 2.26. The molecule has 1 aliphatic rings. The fourth-order valence-corrected chi connectivity index (χ4v) is 4.23. The first-order chi connectivity index (χ1) is 16.2. The summed E-state index contributed by atoms with van der Waals surface area (Å²) in [5.41, 5.74) is 2.81. The lowest BCUT2D eigenvalue weighted by Crippen LogP contribution is -2.43. The summed E-state index contributed by atoms with van der Waals surface area (Å²) in [5.74, 6) is 0.131. The van der Waals surface area contributed by atoms with E-state index in [4.69, 9.17) is 9.15 Å². The van der Waals surface area contributed by atoms with E-state index in [9.17, 15) is 9.18 Å². The van der Waals surface area contributed by atoms with Crippen molar-refractivity contribution in [3.63, 3.8) is 0 Å².